The van der Waals surface area contributed by atoms with Gasteiger partial charge in [0.2, 0.25) is 0 Å². The lowest BCUT2D eigenvalue weighted by atomic mass is 10.2. The number of phosphoric ester groups is 1. The molecule has 0 aliphatic heterocycles. The molecule has 0 fully saturated rings. The molecule has 346 valence electrons. The number of aliphatic carboxylic acids is 1. The smallest absolute Gasteiger partial charge is 0.472 e. The Morgan fingerprint density at radius 1 is 0.516 bits per heavy atom. The van der Waals surface area contributed by atoms with Crippen LogP contribution in [0.25, 0.3) is 0 Å². The van der Waals surface area contributed by atoms with Crippen LogP contribution in [0.2, 0.25) is 0 Å². The van der Waals surface area contributed by atoms with Crippen LogP contribution in [0.3, 0.4) is 0 Å². The van der Waals surface area contributed by atoms with Gasteiger partial charge in [0.1, 0.15) is 12.6 Å². The van der Waals surface area contributed by atoms with Crippen LogP contribution < -0.4 is 5.73 Å². The normalized spacial score (nSPS) is 14.9. The molecule has 3 atom stereocenters. The standard InChI is InChI=1S/C50H76NO10P/c1-3-5-7-9-11-13-15-17-19-21-23-25-27-29-31-33-35-37-39-41-48(52)58-43-46(44-59-62(56,57)60-45-47(51)50(54)55)61-49(53)42-40-38-36-34-32-30-28-26-24-22-20-18-16-14-12-10-8-6-4-2/h6,8,11-14,17-20,23-26,29-32,35-38,46-47H,3-5,7,9-10,15-16,21-22,27-28,33-34,39-45,51H2,1-2H3,(H,54,55)(H,56,57)/b8-6+,13-11+,14-12+,19-17+,20-18+,25-23+,26-24+,31-29+,32-30+,37-35+,38-36+/t46-,47+/m1/s1. The zero-order valence-corrected chi connectivity index (χ0v) is 38.3. The van der Waals surface area contributed by atoms with Crippen LogP contribution in [0, 0.1) is 0 Å². The summed E-state index contributed by atoms with van der Waals surface area (Å²) in [6.45, 7) is 2.48. The number of esters is 2. The van der Waals surface area contributed by atoms with E-state index in [2.05, 4.69) is 122 Å². The Hall–Kier alpha value is -4.38. The lowest BCUT2D eigenvalue weighted by Crippen LogP contribution is -2.34. The molecule has 0 bridgehead atoms. The predicted octanol–water partition coefficient (Wildman–Crippen LogP) is 12.2. The van der Waals surface area contributed by atoms with E-state index in [9.17, 15) is 23.8 Å². The minimum absolute atomic E-state index is 0.0115. The number of phosphoric acid groups is 1. The predicted molar refractivity (Wildman–Crippen MR) is 253 cm³/mol. The van der Waals surface area contributed by atoms with Crippen LogP contribution in [0.1, 0.15) is 129 Å². The van der Waals surface area contributed by atoms with Gasteiger partial charge in [-0.1, -0.05) is 160 Å². The highest BCUT2D eigenvalue weighted by molar-refractivity contribution is 7.47. The Morgan fingerprint density at radius 3 is 1.29 bits per heavy atom. The number of nitrogens with two attached hydrogens (primary N) is 1. The first-order chi connectivity index (χ1) is 30.1. The first-order valence-corrected chi connectivity index (χ1v) is 23.7. The number of allylic oxidation sites excluding steroid dienone is 22. The molecule has 0 radical (unpaired) electrons. The first kappa shape index (κ1) is 57.6. The molecule has 12 heteroatoms. The second kappa shape index (κ2) is 43.3. The maximum Gasteiger partial charge on any atom is 0.472 e. The van der Waals surface area contributed by atoms with Gasteiger partial charge < -0.3 is 25.2 Å². The van der Waals surface area contributed by atoms with Crippen molar-refractivity contribution in [3.05, 3.63) is 134 Å². The lowest BCUT2D eigenvalue weighted by Gasteiger charge is -2.20. The maximum atomic E-state index is 12.6. The highest BCUT2D eigenvalue weighted by Gasteiger charge is 2.28. The van der Waals surface area contributed by atoms with Gasteiger partial charge >= 0.3 is 25.7 Å². The fourth-order valence-electron chi connectivity index (χ4n) is 4.95. The Labute approximate surface area is 372 Å². The topological polar surface area (TPSA) is 172 Å². The summed E-state index contributed by atoms with van der Waals surface area (Å²) in [5.74, 6) is -2.61. The quantitative estimate of drug-likeness (QED) is 0.0232. The molecule has 0 amide bonds. The second-order valence-corrected chi connectivity index (χ2v) is 15.5. The van der Waals surface area contributed by atoms with Crippen molar-refractivity contribution in [2.75, 3.05) is 19.8 Å². The summed E-state index contributed by atoms with van der Waals surface area (Å²) in [5.41, 5.74) is 5.32. The molecule has 1 unspecified atom stereocenters. The minimum Gasteiger partial charge on any atom is -0.480 e. The number of carboxylic acid groups (broad SMARTS) is 1. The molecule has 0 aromatic carbocycles. The van der Waals surface area contributed by atoms with Crippen molar-refractivity contribution >= 4 is 25.7 Å². The SMILES string of the molecule is CC/C=C/C/C=C/C/C=C/C/C=C/C/C=C/C/C=C/CCC(=O)O[C@H](COC(=O)CC/C=C/C/C=C/C/C=C/C/C=C/C/C=C/CCCCC)COP(=O)(O)OC[C@H](N)C(=O)O. The van der Waals surface area contributed by atoms with Crippen LogP contribution in [-0.2, 0) is 37.5 Å². The van der Waals surface area contributed by atoms with Crippen LogP contribution in [0.4, 0.5) is 0 Å². The molecule has 0 aliphatic carbocycles. The van der Waals surface area contributed by atoms with Crippen LogP contribution in [0.15, 0.2) is 134 Å². The number of hydrogen-bond acceptors (Lipinski definition) is 9. The van der Waals surface area contributed by atoms with Gasteiger partial charge in [0.05, 0.1) is 13.2 Å². The van der Waals surface area contributed by atoms with Gasteiger partial charge in [-0.25, -0.2) is 4.57 Å². The van der Waals surface area contributed by atoms with E-state index in [1.54, 1.807) is 0 Å². The van der Waals surface area contributed by atoms with Crippen LogP contribution in [-0.4, -0.2) is 59.9 Å². The third-order valence-corrected chi connectivity index (χ3v) is 9.36. The molecule has 0 aromatic heterocycles. The van der Waals surface area contributed by atoms with Gasteiger partial charge in [-0.3, -0.25) is 23.4 Å². The molecule has 0 saturated heterocycles. The molecular weight excluding hydrogens is 806 g/mol. The van der Waals surface area contributed by atoms with E-state index >= 15 is 0 Å². The van der Waals surface area contributed by atoms with Crippen molar-refractivity contribution in [2.45, 2.75) is 142 Å². The van der Waals surface area contributed by atoms with Gasteiger partial charge in [0.15, 0.2) is 6.10 Å². The fraction of sp³-hybridized carbons (Fsp3) is 0.500. The zero-order chi connectivity index (χ0) is 45.6. The fourth-order valence-corrected chi connectivity index (χ4v) is 5.73. The van der Waals surface area contributed by atoms with Gasteiger partial charge in [-0.05, 0) is 89.9 Å². The van der Waals surface area contributed by atoms with Gasteiger partial charge in [0.25, 0.3) is 0 Å². The van der Waals surface area contributed by atoms with Crippen molar-refractivity contribution in [3.8, 4) is 0 Å². The van der Waals surface area contributed by atoms with Crippen molar-refractivity contribution < 1.29 is 47.5 Å². The summed E-state index contributed by atoms with van der Waals surface area (Å²) in [6.07, 6.45) is 59.7. The number of unbranched alkanes of at least 4 members (excludes halogenated alkanes) is 3. The van der Waals surface area contributed by atoms with Gasteiger partial charge in [0, 0.05) is 12.8 Å². The summed E-state index contributed by atoms with van der Waals surface area (Å²) in [6, 6.07) is -1.55. The largest absolute Gasteiger partial charge is 0.480 e. The first-order valence-electron chi connectivity index (χ1n) is 22.2. The summed E-state index contributed by atoms with van der Waals surface area (Å²) >= 11 is 0. The molecule has 0 aliphatic rings. The molecule has 0 rings (SSSR count). The highest BCUT2D eigenvalue weighted by atomic mass is 31.2. The molecule has 0 aromatic rings. The molecular formula is C50H76NO10P. The number of hydrogen-bond donors (Lipinski definition) is 3. The third-order valence-electron chi connectivity index (χ3n) is 8.41. The van der Waals surface area contributed by atoms with Gasteiger partial charge in [-0.15, -0.1) is 0 Å². The third kappa shape index (κ3) is 42.3. The summed E-state index contributed by atoms with van der Waals surface area (Å²) in [4.78, 5) is 45.9. The van der Waals surface area contributed by atoms with E-state index in [4.69, 9.17) is 24.8 Å². The van der Waals surface area contributed by atoms with E-state index in [1.807, 2.05) is 30.4 Å². The lowest BCUT2D eigenvalue weighted by molar-refractivity contribution is -0.161. The van der Waals surface area contributed by atoms with E-state index in [0.29, 0.717) is 19.3 Å². The number of rotatable bonds is 39. The summed E-state index contributed by atoms with van der Waals surface area (Å²) in [7, 11) is -4.77. The Morgan fingerprint density at radius 2 is 0.887 bits per heavy atom. The highest BCUT2D eigenvalue weighted by Crippen LogP contribution is 2.43. The summed E-state index contributed by atoms with van der Waals surface area (Å²) in [5, 5.41) is 8.89. The number of carbonyl (C=O) groups excluding carboxylic acids is 2. The average Bonchev–Trinajstić information content (AvgIpc) is 3.25. The van der Waals surface area contributed by atoms with E-state index < -0.39 is 57.7 Å². The Balaban J connectivity index is 4.63. The summed E-state index contributed by atoms with van der Waals surface area (Å²) < 4.78 is 32.5. The zero-order valence-electron chi connectivity index (χ0n) is 37.4. The van der Waals surface area contributed by atoms with Crippen molar-refractivity contribution in [1.29, 1.82) is 0 Å². The van der Waals surface area contributed by atoms with Crippen molar-refractivity contribution in [3.63, 3.8) is 0 Å². The van der Waals surface area contributed by atoms with E-state index in [0.717, 1.165) is 64.2 Å². The van der Waals surface area contributed by atoms with Crippen LogP contribution >= 0.6 is 7.82 Å². The van der Waals surface area contributed by atoms with E-state index in [1.165, 1.54) is 19.3 Å². The van der Waals surface area contributed by atoms with E-state index in [-0.39, 0.29) is 12.8 Å². The minimum atomic E-state index is -4.77. The Kier molecular flexibility index (Phi) is 40.2. The molecule has 4 N–H and O–H groups in total. The molecule has 62 heavy (non-hydrogen) atoms. The maximum absolute atomic E-state index is 12.6. The monoisotopic (exact) mass is 882 g/mol. The Bertz CT molecular complexity index is 1550. The molecule has 0 saturated carbocycles. The average molecular weight is 882 g/mol. The van der Waals surface area contributed by atoms with Crippen molar-refractivity contribution in [1.82, 2.24) is 0 Å². The number of carbonyl (C=O) groups is 3. The molecule has 0 heterocycles. The number of carboxylic acids is 1. The number of ether oxygens (including phenoxy) is 2. The molecule has 0 spiro atoms. The second-order valence-electron chi connectivity index (χ2n) is 14.1. The van der Waals surface area contributed by atoms with Crippen molar-refractivity contribution in [2.24, 2.45) is 5.73 Å². The van der Waals surface area contributed by atoms with Crippen LogP contribution in [0.5, 0.6) is 0 Å². The molecule has 11 nitrogen and oxygen atoms in total. The van der Waals surface area contributed by atoms with Gasteiger partial charge in [-0.2, -0.15) is 0 Å².